The van der Waals surface area contributed by atoms with E-state index in [-0.39, 0.29) is 24.3 Å². The van der Waals surface area contributed by atoms with Crippen LogP contribution in [0.4, 0.5) is 4.39 Å². The van der Waals surface area contributed by atoms with Gasteiger partial charge in [0.2, 0.25) is 5.91 Å². The van der Waals surface area contributed by atoms with Crippen LogP contribution in [0.3, 0.4) is 0 Å². The molecule has 1 aromatic carbocycles. The van der Waals surface area contributed by atoms with E-state index in [9.17, 15) is 9.18 Å². The van der Waals surface area contributed by atoms with Crippen molar-refractivity contribution in [1.29, 1.82) is 0 Å². The van der Waals surface area contributed by atoms with Gasteiger partial charge in [0.05, 0.1) is 0 Å². The van der Waals surface area contributed by atoms with Crippen molar-refractivity contribution >= 4 is 18.3 Å². The first-order valence-electron chi connectivity index (χ1n) is 8.97. The molecule has 24 heavy (non-hydrogen) atoms. The largest absolute Gasteiger partial charge is 0.339 e. The number of piperidine rings is 1. The van der Waals surface area contributed by atoms with Gasteiger partial charge in [-0.1, -0.05) is 12.1 Å². The highest BCUT2D eigenvalue weighted by molar-refractivity contribution is 5.85. The molecule has 2 fully saturated rings. The number of carbonyl (C=O) groups excluding carboxylic acids is 1. The van der Waals surface area contributed by atoms with Crippen molar-refractivity contribution in [2.75, 3.05) is 19.6 Å². The monoisotopic (exact) mass is 354 g/mol. The van der Waals surface area contributed by atoms with E-state index in [4.69, 9.17) is 0 Å². The Morgan fingerprint density at radius 3 is 2.79 bits per heavy atom. The number of hydrogen-bond donors (Lipinski definition) is 1. The number of hydrogen-bond acceptors (Lipinski definition) is 2. The summed E-state index contributed by atoms with van der Waals surface area (Å²) in [6.45, 7) is 3.04. The molecule has 0 aromatic heterocycles. The molecule has 2 aliphatic heterocycles. The van der Waals surface area contributed by atoms with Crippen LogP contribution in [0.1, 0.15) is 44.1 Å². The highest BCUT2D eigenvalue weighted by Gasteiger charge is 2.29. The third-order valence-electron chi connectivity index (χ3n) is 5.28. The summed E-state index contributed by atoms with van der Waals surface area (Å²) < 4.78 is 13.3. The minimum atomic E-state index is -0.190. The Kier molecular flexibility index (Phi) is 7.50. The summed E-state index contributed by atoms with van der Waals surface area (Å²) >= 11 is 0. The van der Waals surface area contributed by atoms with Crippen LogP contribution in [0, 0.1) is 11.7 Å². The fourth-order valence-electron chi connectivity index (χ4n) is 3.95. The van der Waals surface area contributed by atoms with E-state index in [1.807, 2.05) is 11.0 Å². The number of likely N-dealkylation sites (tertiary alicyclic amines) is 1. The first-order valence-corrected chi connectivity index (χ1v) is 8.97. The van der Waals surface area contributed by atoms with Crippen LogP contribution in [0.15, 0.2) is 24.3 Å². The van der Waals surface area contributed by atoms with Crippen molar-refractivity contribution in [3.05, 3.63) is 35.6 Å². The molecule has 0 radical (unpaired) electrons. The lowest BCUT2D eigenvalue weighted by atomic mass is 9.93. The summed E-state index contributed by atoms with van der Waals surface area (Å²) in [5, 5.41) is 3.37. The molecule has 3 nitrogen and oxygen atoms in total. The normalized spacial score (nSPS) is 21.5. The smallest absolute Gasteiger partial charge is 0.222 e. The summed E-state index contributed by atoms with van der Waals surface area (Å²) in [6, 6.07) is 7.02. The maximum atomic E-state index is 13.3. The van der Waals surface area contributed by atoms with E-state index in [2.05, 4.69) is 5.32 Å². The van der Waals surface area contributed by atoms with Crippen molar-refractivity contribution in [1.82, 2.24) is 10.2 Å². The van der Waals surface area contributed by atoms with Gasteiger partial charge < -0.3 is 10.2 Å². The molecule has 0 aliphatic carbocycles. The summed E-state index contributed by atoms with van der Waals surface area (Å²) in [7, 11) is 0. The van der Waals surface area contributed by atoms with E-state index in [1.54, 1.807) is 12.1 Å². The van der Waals surface area contributed by atoms with Crippen LogP contribution in [0.5, 0.6) is 0 Å². The maximum absolute atomic E-state index is 13.3. The fourth-order valence-corrected chi connectivity index (χ4v) is 3.95. The molecule has 0 spiro atoms. The van der Waals surface area contributed by atoms with Gasteiger partial charge in [-0.05, 0) is 75.2 Å². The van der Waals surface area contributed by atoms with Crippen LogP contribution < -0.4 is 5.32 Å². The van der Waals surface area contributed by atoms with E-state index < -0.39 is 0 Å². The minimum Gasteiger partial charge on any atom is -0.339 e. The zero-order valence-electron chi connectivity index (χ0n) is 14.2. The molecule has 2 heterocycles. The quantitative estimate of drug-likeness (QED) is 0.876. The van der Waals surface area contributed by atoms with Crippen LogP contribution in [0.2, 0.25) is 0 Å². The molecule has 0 saturated carbocycles. The molecule has 0 bridgehead atoms. The Bertz CT molecular complexity index is 534. The zero-order valence-corrected chi connectivity index (χ0v) is 15.0. The predicted octanol–water partition coefficient (Wildman–Crippen LogP) is 3.56. The first-order chi connectivity index (χ1) is 11.2. The molecule has 1 aromatic rings. The lowest BCUT2D eigenvalue weighted by Crippen LogP contribution is -2.37. The van der Waals surface area contributed by atoms with Gasteiger partial charge >= 0.3 is 0 Å². The molecule has 1 amide bonds. The molecule has 1 unspecified atom stereocenters. The van der Waals surface area contributed by atoms with Gasteiger partial charge in [0.25, 0.3) is 0 Å². The van der Waals surface area contributed by atoms with Crippen molar-refractivity contribution in [2.45, 2.75) is 51.0 Å². The van der Waals surface area contributed by atoms with Crippen molar-refractivity contribution in [3.63, 3.8) is 0 Å². The topological polar surface area (TPSA) is 32.3 Å². The second-order valence-electron chi connectivity index (χ2n) is 6.95. The van der Waals surface area contributed by atoms with Gasteiger partial charge in [0, 0.05) is 19.0 Å². The van der Waals surface area contributed by atoms with Gasteiger partial charge in [-0.25, -0.2) is 4.39 Å². The molecule has 2 aliphatic rings. The van der Waals surface area contributed by atoms with Gasteiger partial charge in [-0.15, -0.1) is 12.4 Å². The summed E-state index contributed by atoms with van der Waals surface area (Å²) in [4.78, 5) is 14.6. The van der Waals surface area contributed by atoms with E-state index in [0.29, 0.717) is 18.2 Å². The van der Waals surface area contributed by atoms with E-state index >= 15 is 0 Å². The molecule has 134 valence electrons. The molecule has 1 N–H and O–H groups in total. The number of amides is 1. The Hall–Kier alpha value is -1.13. The zero-order chi connectivity index (χ0) is 16.1. The second-order valence-corrected chi connectivity index (χ2v) is 6.95. The Morgan fingerprint density at radius 2 is 2.04 bits per heavy atom. The van der Waals surface area contributed by atoms with Gasteiger partial charge in [-0.3, -0.25) is 4.79 Å². The van der Waals surface area contributed by atoms with Crippen molar-refractivity contribution in [2.24, 2.45) is 5.92 Å². The molecular formula is C19H28ClFN2O. The Morgan fingerprint density at radius 1 is 1.25 bits per heavy atom. The second kappa shape index (κ2) is 9.38. The third-order valence-corrected chi connectivity index (χ3v) is 5.28. The number of nitrogens with one attached hydrogen (secondary N) is 1. The average Bonchev–Trinajstić information content (AvgIpc) is 3.02. The fraction of sp³-hybridized carbons (Fsp3) is 0.632. The summed E-state index contributed by atoms with van der Waals surface area (Å²) in [6.07, 6.45) is 6.96. The van der Waals surface area contributed by atoms with E-state index in [0.717, 1.165) is 50.9 Å². The number of nitrogens with zero attached hydrogens (tertiary/aromatic N) is 1. The third kappa shape index (κ3) is 5.18. The van der Waals surface area contributed by atoms with Crippen LogP contribution in [-0.4, -0.2) is 36.5 Å². The SMILES string of the molecule is Cl.O=C(CCC1CCNCC1)N1CCCC1Cc1cccc(F)c1. The van der Waals surface area contributed by atoms with Crippen LogP contribution >= 0.6 is 12.4 Å². The predicted molar refractivity (Wildman–Crippen MR) is 96.9 cm³/mol. The number of carbonyl (C=O) groups is 1. The number of benzene rings is 1. The Balaban J connectivity index is 0.00000208. The highest BCUT2D eigenvalue weighted by atomic mass is 35.5. The van der Waals surface area contributed by atoms with Crippen LogP contribution in [0.25, 0.3) is 0 Å². The average molecular weight is 355 g/mol. The molecule has 3 rings (SSSR count). The molecule has 2 saturated heterocycles. The van der Waals surface area contributed by atoms with Gasteiger partial charge in [0.15, 0.2) is 0 Å². The summed E-state index contributed by atoms with van der Waals surface area (Å²) in [5.41, 5.74) is 0.994. The highest BCUT2D eigenvalue weighted by Crippen LogP contribution is 2.24. The Labute approximate surface area is 150 Å². The molecule has 1 atom stereocenters. The number of rotatable bonds is 5. The van der Waals surface area contributed by atoms with E-state index in [1.165, 1.54) is 18.9 Å². The minimum absolute atomic E-state index is 0. The van der Waals surface area contributed by atoms with Crippen LogP contribution in [-0.2, 0) is 11.2 Å². The number of halogens is 2. The van der Waals surface area contributed by atoms with Gasteiger partial charge in [-0.2, -0.15) is 0 Å². The molecular weight excluding hydrogens is 327 g/mol. The van der Waals surface area contributed by atoms with Crippen molar-refractivity contribution < 1.29 is 9.18 Å². The molecule has 5 heteroatoms. The standard InChI is InChI=1S/C19H27FN2O.ClH/c20-17-4-1-3-16(13-17)14-18-5-2-12-22(18)19(23)7-6-15-8-10-21-11-9-15;/h1,3-4,13,15,18,21H,2,5-12,14H2;1H. The van der Waals surface area contributed by atoms with Crippen molar-refractivity contribution in [3.8, 4) is 0 Å². The summed E-state index contributed by atoms with van der Waals surface area (Å²) in [5.74, 6) is 0.802. The lowest BCUT2D eigenvalue weighted by Gasteiger charge is -2.27. The lowest BCUT2D eigenvalue weighted by molar-refractivity contribution is -0.132. The maximum Gasteiger partial charge on any atom is 0.222 e. The first kappa shape index (κ1) is 19.2. The van der Waals surface area contributed by atoms with Gasteiger partial charge in [0.1, 0.15) is 5.82 Å².